The molecule has 2 fully saturated rings. The normalized spacial score (nSPS) is 21.6. The van der Waals surface area contributed by atoms with Crippen molar-refractivity contribution in [2.45, 2.75) is 42.4 Å². The highest BCUT2D eigenvalue weighted by Crippen LogP contribution is 2.39. The molecule has 0 N–H and O–H groups in total. The third kappa shape index (κ3) is 4.97. The van der Waals surface area contributed by atoms with Gasteiger partial charge < -0.3 is 9.80 Å². The van der Waals surface area contributed by atoms with Gasteiger partial charge in [0.1, 0.15) is 16.2 Å². The van der Waals surface area contributed by atoms with Crippen molar-refractivity contribution in [1.82, 2.24) is 4.31 Å². The van der Waals surface area contributed by atoms with Gasteiger partial charge >= 0.3 is 6.18 Å². The maximum Gasteiger partial charge on any atom is 0.418 e. The van der Waals surface area contributed by atoms with Crippen molar-refractivity contribution in [3.8, 4) is 0 Å². The summed E-state index contributed by atoms with van der Waals surface area (Å²) >= 11 is 1.12. The molecule has 2 aliphatic rings. The number of hydrogen-bond donors (Lipinski definition) is 0. The van der Waals surface area contributed by atoms with E-state index in [1.807, 2.05) is 4.90 Å². The summed E-state index contributed by atoms with van der Waals surface area (Å²) in [6.45, 7) is 2.77. The number of piperazine rings is 1. The van der Waals surface area contributed by atoms with E-state index < -0.39 is 39.8 Å². The Bertz CT molecular complexity index is 1100. The molecule has 4 rings (SSSR count). The van der Waals surface area contributed by atoms with Crippen LogP contribution in [0.1, 0.15) is 25.3 Å². The SMILES string of the molecule is C[C@@H]1CN(c2ccc(F)cc2C(F)(F)F)CCN1S(=O)(=O)c1ccc(N2CCC(F)CC2)s1. The summed E-state index contributed by atoms with van der Waals surface area (Å²) in [7, 11) is -3.85. The van der Waals surface area contributed by atoms with Gasteiger partial charge in [-0.05, 0) is 50.1 Å². The lowest BCUT2D eigenvalue weighted by atomic mass is 10.1. The summed E-state index contributed by atoms with van der Waals surface area (Å²) in [6, 6.07) is 5.16. The Morgan fingerprint density at radius 1 is 1.00 bits per heavy atom. The van der Waals surface area contributed by atoms with E-state index in [0.717, 1.165) is 28.5 Å². The Kier molecular flexibility index (Phi) is 6.62. The van der Waals surface area contributed by atoms with Crippen molar-refractivity contribution in [1.29, 1.82) is 0 Å². The minimum absolute atomic E-state index is 0.00134. The number of halogens is 5. The van der Waals surface area contributed by atoms with E-state index in [1.165, 1.54) is 15.3 Å². The first-order valence-corrected chi connectivity index (χ1v) is 12.8. The van der Waals surface area contributed by atoms with Gasteiger partial charge in [0.05, 0.1) is 10.6 Å². The molecule has 5 nitrogen and oxygen atoms in total. The largest absolute Gasteiger partial charge is 0.418 e. The van der Waals surface area contributed by atoms with Gasteiger partial charge in [-0.2, -0.15) is 17.5 Å². The van der Waals surface area contributed by atoms with Gasteiger partial charge in [0, 0.05) is 44.5 Å². The van der Waals surface area contributed by atoms with Crippen molar-refractivity contribution >= 4 is 32.0 Å². The van der Waals surface area contributed by atoms with Crippen LogP contribution in [0.5, 0.6) is 0 Å². The van der Waals surface area contributed by atoms with E-state index in [4.69, 9.17) is 0 Å². The number of piperidine rings is 1. The molecule has 0 aliphatic carbocycles. The molecule has 0 spiro atoms. The zero-order valence-corrected chi connectivity index (χ0v) is 19.5. The predicted molar refractivity (Wildman–Crippen MR) is 118 cm³/mol. The summed E-state index contributed by atoms with van der Waals surface area (Å²) in [6.07, 6.45) is -4.75. The highest BCUT2D eigenvalue weighted by atomic mass is 32.2. The van der Waals surface area contributed by atoms with E-state index in [-0.39, 0.29) is 29.5 Å². The Morgan fingerprint density at radius 3 is 2.33 bits per heavy atom. The monoisotopic (exact) mass is 509 g/mol. The molecule has 1 aromatic heterocycles. The van der Waals surface area contributed by atoms with Crippen LogP contribution in [0.15, 0.2) is 34.5 Å². The third-order valence-electron chi connectivity index (χ3n) is 6.04. The van der Waals surface area contributed by atoms with Crippen molar-refractivity contribution in [2.24, 2.45) is 0 Å². The van der Waals surface area contributed by atoms with Crippen LogP contribution in [0, 0.1) is 5.82 Å². The van der Waals surface area contributed by atoms with Crippen LogP contribution in [-0.4, -0.2) is 57.7 Å². The number of thiophene rings is 1. The lowest BCUT2D eigenvalue weighted by molar-refractivity contribution is -0.137. The van der Waals surface area contributed by atoms with Gasteiger partial charge in [-0.15, -0.1) is 11.3 Å². The molecule has 2 aromatic rings. The van der Waals surface area contributed by atoms with Crippen LogP contribution in [0.2, 0.25) is 0 Å². The summed E-state index contributed by atoms with van der Waals surface area (Å²) in [5.41, 5.74) is -1.24. The second kappa shape index (κ2) is 9.03. The number of anilines is 2. The summed E-state index contributed by atoms with van der Waals surface area (Å²) < 4.78 is 95.1. The summed E-state index contributed by atoms with van der Waals surface area (Å²) in [5.74, 6) is -0.982. The highest BCUT2D eigenvalue weighted by Gasteiger charge is 2.39. The number of benzene rings is 1. The molecular weight excluding hydrogens is 485 g/mol. The topological polar surface area (TPSA) is 43.9 Å². The Hall–Kier alpha value is -1.92. The smallest absolute Gasteiger partial charge is 0.368 e. The van der Waals surface area contributed by atoms with Crippen LogP contribution in [0.4, 0.5) is 32.6 Å². The number of sulfonamides is 1. The average molecular weight is 510 g/mol. The van der Waals surface area contributed by atoms with Gasteiger partial charge in [0.25, 0.3) is 10.0 Å². The summed E-state index contributed by atoms with van der Waals surface area (Å²) in [4.78, 5) is 3.41. The Labute approximate surface area is 193 Å². The minimum Gasteiger partial charge on any atom is -0.368 e. The lowest BCUT2D eigenvalue weighted by Gasteiger charge is -2.40. The van der Waals surface area contributed by atoms with Gasteiger partial charge in [0.15, 0.2) is 0 Å². The molecular formula is C21H24F5N3O2S2. The molecule has 0 amide bonds. The number of alkyl halides is 4. The lowest BCUT2D eigenvalue weighted by Crippen LogP contribution is -2.54. The fourth-order valence-electron chi connectivity index (χ4n) is 4.33. The van der Waals surface area contributed by atoms with Crippen LogP contribution in [0.25, 0.3) is 0 Å². The zero-order valence-electron chi connectivity index (χ0n) is 17.9. The van der Waals surface area contributed by atoms with Gasteiger partial charge in [-0.3, -0.25) is 0 Å². The van der Waals surface area contributed by atoms with Crippen molar-refractivity contribution in [3.63, 3.8) is 0 Å². The van der Waals surface area contributed by atoms with Crippen molar-refractivity contribution < 1.29 is 30.4 Å². The van der Waals surface area contributed by atoms with Crippen LogP contribution >= 0.6 is 11.3 Å². The van der Waals surface area contributed by atoms with E-state index in [1.54, 1.807) is 13.0 Å². The van der Waals surface area contributed by atoms with Gasteiger partial charge in [0.2, 0.25) is 0 Å². The standard InChI is InChI=1S/C21H24F5N3O2S2/c1-14-13-28(18-3-2-16(23)12-17(18)21(24,25)26)10-11-29(14)33(30,31)20-5-4-19(32-20)27-8-6-15(22)7-9-27/h2-5,12,14-15H,6-11,13H2,1H3/t14-/m1/s1. The van der Waals surface area contributed by atoms with Crippen LogP contribution < -0.4 is 9.80 Å². The maximum atomic E-state index is 13.5. The Balaban J connectivity index is 1.51. The van der Waals surface area contributed by atoms with Gasteiger partial charge in [-0.25, -0.2) is 17.2 Å². The van der Waals surface area contributed by atoms with Gasteiger partial charge in [-0.1, -0.05) is 0 Å². The molecule has 3 heterocycles. The van der Waals surface area contributed by atoms with Crippen LogP contribution in [0.3, 0.4) is 0 Å². The maximum absolute atomic E-state index is 13.5. The first-order valence-electron chi connectivity index (χ1n) is 10.6. The molecule has 33 heavy (non-hydrogen) atoms. The molecule has 12 heteroatoms. The van der Waals surface area contributed by atoms with E-state index in [0.29, 0.717) is 32.0 Å². The molecule has 0 unspecified atom stereocenters. The molecule has 0 bridgehead atoms. The first-order chi connectivity index (χ1) is 15.5. The van der Waals surface area contributed by atoms with Crippen molar-refractivity contribution in [2.75, 3.05) is 42.5 Å². The molecule has 182 valence electrons. The van der Waals surface area contributed by atoms with Crippen molar-refractivity contribution in [3.05, 3.63) is 41.7 Å². The van der Waals surface area contributed by atoms with Crippen LogP contribution in [-0.2, 0) is 16.2 Å². The first kappa shape index (κ1) is 24.2. The zero-order chi connectivity index (χ0) is 24.0. The molecule has 0 saturated carbocycles. The fourth-order valence-corrected chi connectivity index (χ4v) is 7.42. The van der Waals surface area contributed by atoms with E-state index >= 15 is 0 Å². The second-order valence-corrected chi connectivity index (χ2v) is 11.5. The minimum atomic E-state index is -4.73. The molecule has 2 saturated heterocycles. The molecule has 1 aromatic carbocycles. The predicted octanol–water partition coefficient (Wildman–Crippen LogP) is 4.74. The quantitative estimate of drug-likeness (QED) is 0.559. The number of rotatable bonds is 4. The van der Waals surface area contributed by atoms with E-state index in [2.05, 4.69) is 0 Å². The number of hydrogen-bond acceptors (Lipinski definition) is 5. The summed E-state index contributed by atoms with van der Waals surface area (Å²) in [5, 5.41) is 0.757. The molecule has 0 radical (unpaired) electrons. The molecule has 2 aliphatic heterocycles. The second-order valence-electron chi connectivity index (χ2n) is 8.32. The number of nitrogens with zero attached hydrogens (tertiary/aromatic N) is 3. The Morgan fingerprint density at radius 2 is 1.70 bits per heavy atom. The molecule has 1 atom stereocenters. The average Bonchev–Trinajstić information content (AvgIpc) is 3.24. The highest BCUT2D eigenvalue weighted by molar-refractivity contribution is 7.91. The fraction of sp³-hybridized carbons (Fsp3) is 0.524. The van der Waals surface area contributed by atoms with E-state index in [9.17, 15) is 30.4 Å². The third-order valence-corrected chi connectivity index (χ3v) is 9.66.